The van der Waals surface area contributed by atoms with Crippen LogP contribution in [0.2, 0.25) is 0 Å². The van der Waals surface area contributed by atoms with Gasteiger partial charge in [0.25, 0.3) is 0 Å². The first kappa shape index (κ1) is 9.53. The third kappa shape index (κ3) is 1.48. The monoisotopic (exact) mass is 202 g/mol. The highest BCUT2D eigenvalue weighted by Crippen LogP contribution is 2.41. The van der Waals surface area contributed by atoms with Crippen molar-refractivity contribution in [3.63, 3.8) is 0 Å². The SMILES string of the molecule is O=C(O)c1cc(O)c(O)c(O)c1S. The van der Waals surface area contributed by atoms with Gasteiger partial charge in [-0.15, -0.1) is 12.6 Å². The van der Waals surface area contributed by atoms with Crippen LogP contribution in [-0.2, 0) is 0 Å². The Morgan fingerprint density at radius 1 is 1.23 bits per heavy atom. The molecule has 0 unspecified atom stereocenters. The first-order valence-electron chi connectivity index (χ1n) is 3.15. The average Bonchev–Trinajstić information content (AvgIpc) is 2.07. The molecule has 0 atom stereocenters. The van der Waals surface area contributed by atoms with Gasteiger partial charge in [0.05, 0.1) is 10.5 Å². The topological polar surface area (TPSA) is 98.0 Å². The number of aromatic carboxylic acids is 1. The Morgan fingerprint density at radius 2 is 1.77 bits per heavy atom. The Labute approximate surface area is 78.3 Å². The number of phenolic OH excluding ortho intramolecular Hbond substituents is 3. The van der Waals surface area contributed by atoms with Crippen LogP contribution in [0.3, 0.4) is 0 Å². The number of carboxylic acid groups (broad SMARTS) is 1. The lowest BCUT2D eigenvalue weighted by atomic mass is 10.2. The van der Waals surface area contributed by atoms with Crippen molar-refractivity contribution in [3.05, 3.63) is 11.6 Å². The third-order valence-corrected chi connectivity index (χ3v) is 1.91. The van der Waals surface area contributed by atoms with Gasteiger partial charge < -0.3 is 20.4 Å². The molecule has 0 fully saturated rings. The molecule has 0 heterocycles. The van der Waals surface area contributed by atoms with Gasteiger partial charge in [0.1, 0.15) is 0 Å². The first-order chi connectivity index (χ1) is 5.95. The highest BCUT2D eigenvalue weighted by Gasteiger charge is 2.18. The summed E-state index contributed by atoms with van der Waals surface area (Å²) < 4.78 is 0. The van der Waals surface area contributed by atoms with Crippen LogP contribution >= 0.6 is 12.6 Å². The van der Waals surface area contributed by atoms with E-state index in [0.717, 1.165) is 6.07 Å². The molecule has 6 heteroatoms. The number of rotatable bonds is 1. The molecule has 0 saturated heterocycles. The van der Waals surface area contributed by atoms with Crippen LogP contribution < -0.4 is 0 Å². The molecule has 13 heavy (non-hydrogen) atoms. The number of carboxylic acids is 1. The molecule has 1 aromatic carbocycles. The van der Waals surface area contributed by atoms with Crippen molar-refractivity contribution in [2.45, 2.75) is 4.90 Å². The van der Waals surface area contributed by atoms with E-state index in [1.165, 1.54) is 0 Å². The van der Waals surface area contributed by atoms with Gasteiger partial charge in [0.2, 0.25) is 5.75 Å². The molecule has 0 aliphatic carbocycles. The Morgan fingerprint density at radius 3 is 2.23 bits per heavy atom. The lowest BCUT2D eigenvalue weighted by Crippen LogP contribution is -1.97. The van der Waals surface area contributed by atoms with Gasteiger partial charge in [0.15, 0.2) is 11.5 Å². The maximum Gasteiger partial charge on any atom is 0.337 e. The van der Waals surface area contributed by atoms with Crippen LogP contribution in [0.5, 0.6) is 17.2 Å². The number of thiol groups is 1. The van der Waals surface area contributed by atoms with Crippen LogP contribution in [0.25, 0.3) is 0 Å². The molecule has 0 aliphatic heterocycles. The summed E-state index contributed by atoms with van der Waals surface area (Å²) in [4.78, 5) is 10.2. The average molecular weight is 202 g/mol. The Hall–Kier alpha value is -1.56. The van der Waals surface area contributed by atoms with E-state index < -0.39 is 23.2 Å². The molecule has 0 radical (unpaired) electrons. The van der Waals surface area contributed by atoms with Crippen molar-refractivity contribution in [3.8, 4) is 17.2 Å². The van der Waals surface area contributed by atoms with Crippen molar-refractivity contribution in [2.24, 2.45) is 0 Å². The molecule has 0 saturated carbocycles. The summed E-state index contributed by atoms with van der Waals surface area (Å²) in [5.74, 6) is -3.58. The molecule has 0 aromatic heterocycles. The van der Waals surface area contributed by atoms with Crippen LogP contribution in [0.1, 0.15) is 10.4 Å². The summed E-state index contributed by atoms with van der Waals surface area (Å²) in [6.45, 7) is 0. The molecule has 70 valence electrons. The van der Waals surface area contributed by atoms with E-state index in [0.29, 0.717) is 0 Å². The van der Waals surface area contributed by atoms with Crippen molar-refractivity contribution >= 4 is 18.6 Å². The first-order valence-corrected chi connectivity index (χ1v) is 3.60. The predicted octanol–water partition coefficient (Wildman–Crippen LogP) is 0.790. The highest BCUT2D eigenvalue weighted by molar-refractivity contribution is 7.80. The zero-order valence-corrected chi connectivity index (χ0v) is 7.12. The van der Waals surface area contributed by atoms with Crippen molar-refractivity contribution < 1.29 is 25.2 Å². The zero-order chi connectivity index (χ0) is 10.2. The second-order valence-corrected chi connectivity index (χ2v) is 2.74. The fourth-order valence-electron chi connectivity index (χ4n) is 0.797. The largest absolute Gasteiger partial charge is 0.504 e. The van der Waals surface area contributed by atoms with Crippen molar-refractivity contribution in [1.29, 1.82) is 0 Å². The van der Waals surface area contributed by atoms with Crippen molar-refractivity contribution in [2.75, 3.05) is 0 Å². The van der Waals surface area contributed by atoms with Crippen molar-refractivity contribution in [1.82, 2.24) is 0 Å². The maximum absolute atomic E-state index is 10.5. The quantitative estimate of drug-likeness (QED) is 0.342. The third-order valence-electron chi connectivity index (χ3n) is 1.46. The minimum absolute atomic E-state index is 0.289. The summed E-state index contributed by atoms with van der Waals surface area (Å²) in [7, 11) is 0. The second kappa shape index (κ2) is 3.06. The number of phenols is 3. The molecule has 1 aromatic rings. The molecular weight excluding hydrogens is 196 g/mol. The van der Waals surface area contributed by atoms with E-state index in [4.69, 9.17) is 20.4 Å². The molecule has 0 bridgehead atoms. The highest BCUT2D eigenvalue weighted by atomic mass is 32.1. The molecule has 0 aliphatic rings. The summed E-state index contributed by atoms with van der Waals surface area (Å²) in [6, 6.07) is 0.805. The summed E-state index contributed by atoms with van der Waals surface area (Å²) in [5, 5.41) is 35.5. The number of benzene rings is 1. The van der Waals surface area contributed by atoms with E-state index >= 15 is 0 Å². The minimum Gasteiger partial charge on any atom is -0.504 e. The minimum atomic E-state index is -1.35. The van der Waals surface area contributed by atoms with Gasteiger partial charge in [-0.2, -0.15) is 0 Å². The molecule has 4 N–H and O–H groups in total. The lowest BCUT2D eigenvalue weighted by molar-refractivity contribution is 0.0691. The van der Waals surface area contributed by atoms with Gasteiger partial charge in [-0.1, -0.05) is 0 Å². The molecule has 1 rings (SSSR count). The summed E-state index contributed by atoms with van der Waals surface area (Å²) in [6.07, 6.45) is 0. The molecule has 0 amide bonds. The second-order valence-electron chi connectivity index (χ2n) is 2.29. The molecular formula is C7H6O5S. The van der Waals surface area contributed by atoms with Crippen LogP contribution in [0, 0.1) is 0 Å². The van der Waals surface area contributed by atoms with Gasteiger partial charge in [-0.25, -0.2) is 4.79 Å². The summed E-state index contributed by atoms with van der Waals surface area (Å²) >= 11 is 3.67. The molecule has 0 spiro atoms. The fourth-order valence-corrected chi connectivity index (χ4v) is 1.06. The molecule has 5 nitrogen and oxygen atoms in total. The number of carbonyl (C=O) groups is 1. The van der Waals surface area contributed by atoms with E-state index in [2.05, 4.69) is 12.6 Å². The van der Waals surface area contributed by atoms with E-state index in [1.807, 2.05) is 0 Å². The van der Waals surface area contributed by atoms with E-state index in [9.17, 15) is 4.79 Å². The summed E-state index contributed by atoms with van der Waals surface area (Å²) in [5.41, 5.74) is -0.379. The smallest absolute Gasteiger partial charge is 0.337 e. The zero-order valence-electron chi connectivity index (χ0n) is 6.22. The Kier molecular flexibility index (Phi) is 2.24. The van der Waals surface area contributed by atoms with E-state index in [-0.39, 0.29) is 10.5 Å². The van der Waals surface area contributed by atoms with Gasteiger partial charge in [-0.3, -0.25) is 0 Å². The van der Waals surface area contributed by atoms with Gasteiger partial charge in [0, 0.05) is 0 Å². The normalized spacial score (nSPS) is 9.92. The number of hydrogen-bond donors (Lipinski definition) is 5. The van der Waals surface area contributed by atoms with E-state index in [1.54, 1.807) is 0 Å². The fraction of sp³-hybridized carbons (Fsp3) is 0. The number of hydrogen-bond acceptors (Lipinski definition) is 5. The maximum atomic E-state index is 10.5. The van der Waals surface area contributed by atoms with Crippen LogP contribution in [0.15, 0.2) is 11.0 Å². The number of aromatic hydroxyl groups is 3. The van der Waals surface area contributed by atoms with Crippen LogP contribution in [-0.4, -0.2) is 26.4 Å². The Bertz CT molecular complexity index is 374. The predicted molar refractivity (Wildman–Crippen MR) is 45.6 cm³/mol. The standard InChI is InChI=1S/C7H6O5S/c8-3-1-2(7(11)12)6(13)5(10)4(3)9/h1,8-10,13H,(H,11,12). The van der Waals surface area contributed by atoms with Crippen LogP contribution in [0.4, 0.5) is 0 Å². The Balaban J connectivity index is 3.50. The lowest BCUT2D eigenvalue weighted by Gasteiger charge is -2.06. The van der Waals surface area contributed by atoms with Gasteiger partial charge >= 0.3 is 5.97 Å². The van der Waals surface area contributed by atoms with Gasteiger partial charge in [-0.05, 0) is 6.07 Å².